The van der Waals surface area contributed by atoms with Gasteiger partial charge in [-0.1, -0.05) is 6.92 Å². The third-order valence-corrected chi connectivity index (χ3v) is 3.98. The third kappa shape index (κ3) is 2.27. The zero-order valence-electron chi connectivity index (χ0n) is 11.3. The first-order chi connectivity index (χ1) is 8.74. The lowest BCUT2D eigenvalue weighted by Crippen LogP contribution is -2.20. The highest BCUT2D eigenvalue weighted by atomic mass is 15.1. The molecule has 3 nitrogen and oxygen atoms in total. The Balaban J connectivity index is 1.75. The predicted molar refractivity (Wildman–Crippen MR) is 73.9 cm³/mol. The van der Waals surface area contributed by atoms with Crippen molar-refractivity contribution in [1.82, 2.24) is 14.3 Å². The molecule has 18 heavy (non-hydrogen) atoms. The Hall–Kier alpha value is -1.35. The van der Waals surface area contributed by atoms with Crippen LogP contribution in [0.4, 0.5) is 0 Å². The molecule has 0 bridgehead atoms. The summed E-state index contributed by atoms with van der Waals surface area (Å²) in [6.07, 6.45) is 6.73. The van der Waals surface area contributed by atoms with Gasteiger partial charge in [-0.2, -0.15) is 0 Å². The summed E-state index contributed by atoms with van der Waals surface area (Å²) in [7, 11) is 0. The average Bonchev–Trinajstić information content (AvgIpc) is 2.95. The minimum absolute atomic E-state index is 0.788. The van der Waals surface area contributed by atoms with Crippen molar-refractivity contribution < 1.29 is 0 Å². The first-order valence-corrected chi connectivity index (χ1v) is 6.91. The number of likely N-dealkylation sites (tertiary alicyclic amines) is 1. The van der Waals surface area contributed by atoms with E-state index in [0.717, 1.165) is 18.0 Å². The zero-order valence-corrected chi connectivity index (χ0v) is 11.3. The van der Waals surface area contributed by atoms with E-state index in [1.54, 1.807) is 0 Å². The predicted octanol–water partition coefficient (Wildman–Crippen LogP) is 2.53. The van der Waals surface area contributed by atoms with Crippen molar-refractivity contribution in [2.45, 2.75) is 26.7 Å². The number of nitrogens with zero attached hydrogens (tertiary/aromatic N) is 3. The lowest BCUT2D eigenvalue weighted by molar-refractivity contribution is 0.341. The van der Waals surface area contributed by atoms with Crippen molar-refractivity contribution in [3.05, 3.63) is 35.8 Å². The van der Waals surface area contributed by atoms with Crippen molar-refractivity contribution in [2.75, 3.05) is 19.6 Å². The molecule has 1 atom stereocenters. The number of hydrogen-bond donors (Lipinski definition) is 0. The second kappa shape index (κ2) is 4.73. The number of hydrogen-bond acceptors (Lipinski definition) is 2. The van der Waals surface area contributed by atoms with Gasteiger partial charge < -0.3 is 9.30 Å². The van der Waals surface area contributed by atoms with Crippen LogP contribution in [0.15, 0.2) is 24.5 Å². The van der Waals surface area contributed by atoms with Gasteiger partial charge in [-0.25, -0.2) is 4.98 Å². The Labute approximate surface area is 108 Å². The van der Waals surface area contributed by atoms with E-state index in [-0.39, 0.29) is 0 Å². The Bertz CT molecular complexity index is 544. The highest BCUT2D eigenvalue weighted by Gasteiger charge is 2.22. The van der Waals surface area contributed by atoms with Gasteiger partial charge in [0.15, 0.2) is 0 Å². The van der Waals surface area contributed by atoms with E-state index in [1.807, 2.05) is 0 Å². The van der Waals surface area contributed by atoms with Crippen molar-refractivity contribution >= 4 is 5.65 Å². The molecule has 1 unspecified atom stereocenters. The van der Waals surface area contributed by atoms with E-state index in [0.29, 0.717) is 0 Å². The minimum Gasteiger partial charge on any atom is -0.307 e. The van der Waals surface area contributed by atoms with E-state index >= 15 is 0 Å². The molecule has 0 radical (unpaired) electrons. The molecule has 96 valence electrons. The van der Waals surface area contributed by atoms with Gasteiger partial charge in [0.05, 0.1) is 5.69 Å². The number of aryl methyl sites for hydroxylation is 1. The number of fused-ring (bicyclic) bond motifs is 1. The van der Waals surface area contributed by atoms with Crippen LogP contribution in [-0.4, -0.2) is 33.9 Å². The second-order valence-corrected chi connectivity index (χ2v) is 5.45. The summed E-state index contributed by atoms with van der Waals surface area (Å²) in [6, 6.07) is 4.28. The van der Waals surface area contributed by atoms with Crippen LogP contribution in [0.5, 0.6) is 0 Å². The summed E-state index contributed by atoms with van der Waals surface area (Å²) in [5.74, 6) is 0.788. The third-order valence-electron chi connectivity index (χ3n) is 3.98. The van der Waals surface area contributed by atoms with Crippen LogP contribution < -0.4 is 0 Å². The molecule has 1 saturated heterocycles. The van der Waals surface area contributed by atoms with Gasteiger partial charge in [0.1, 0.15) is 5.65 Å². The van der Waals surface area contributed by atoms with E-state index in [1.165, 1.54) is 37.3 Å². The first-order valence-electron chi connectivity index (χ1n) is 6.91. The van der Waals surface area contributed by atoms with Gasteiger partial charge in [-0.3, -0.25) is 0 Å². The normalized spacial score (nSPS) is 20.9. The van der Waals surface area contributed by atoms with Crippen molar-refractivity contribution in [3.8, 4) is 0 Å². The molecule has 3 heteroatoms. The van der Waals surface area contributed by atoms with Crippen LogP contribution in [0, 0.1) is 12.8 Å². The molecular formula is C15H21N3. The number of aromatic nitrogens is 2. The molecule has 0 aromatic carbocycles. The van der Waals surface area contributed by atoms with Crippen LogP contribution in [0.1, 0.15) is 24.6 Å². The highest BCUT2D eigenvalue weighted by Crippen LogP contribution is 2.20. The quantitative estimate of drug-likeness (QED) is 0.825. The maximum atomic E-state index is 4.73. The van der Waals surface area contributed by atoms with Crippen LogP contribution in [0.2, 0.25) is 0 Å². The van der Waals surface area contributed by atoms with Gasteiger partial charge in [0.25, 0.3) is 0 Å². The summed E-state index contributed by atoms with van der Waals surface area (Å²) in [6.45, 7) is 8.04. The van der Waals surface area contributed by atoms with E-state index in [4.69, 9.17) is 4.98 Å². The molecule has 2 aromatic rings. The fourth-order valence-corrected chi connectivity index (χ4v) is 2.90. The van der Waals surface area contributed by atoms with Crippen LogP contribution in [0.25, 0.3) is 5.65 Å². The summed E-state index contributed by atoms with van der Waals surface area (Å²) in [4.78, 5) is 7.26. The lowest BCUT2D eigenvalue weighted by Gasteiger charge is -2.11. The molecular weight excluding hydrogens is 222 g/mol. The Kier molecular flexibility index (Phi) is 3.08. The molecule has 2 aromatic heterocycles. The molecule has 3 heterocycles. The fraction of sp³-hybridized carbons (Fsp3) is 0.533. The summed E-state index contributed by atoms with van der Waals surface area (Å²) in [5.41, 5.74) is 3.59. The Morgan fingerprint density at radius 3 is 3.11 bits per heavy atom. The molecule has 0 spiro atoms. The van der Waals surface area contributed by atoms with Gasteiger partial charge in [0, 0.05) is 18.9 Å². The molecule has 3 rings (SSSR count). The van der Waals surface area contributed by atoms with Gasteiger partial charge in [0.2, 0.25) is 0 Å². The maximum Gasteiger partial charge on any atom is 0.137 e. The largest absolute Gasteiger partial charge is 0.307 e. The monoisotopic (exact) mass is 243 g/mol. The van der Waals surface area contributed by atoms with Crippen molar-refractivity contribution in [2.24, 2.45) is 5.92 Å². The fourth-order valence-electron chi connectivity index (χ4n) is 2.90. The molecule has 0 amide bonds. The molecule has 1 aliphatic rings. The topological polar surface area (TPSA) is 20.5 Å². The van der Waals surface area contributed by atoms with Crippen LogP contribution >= 0.6 is 0 Å². The molecule has 1 fully saturated rings. The standard InChI is InChI=1S/C15H21N3/c1-3-17-6-5-13(10-17)9-14-11-18-7-4-12(2)8-15(18)16-14/h4,7-8,11,13H,3,5-6,9-10H2,1-2H3. The molecule has 0 N–H and O–H groups in total. The smallest absolute Gasteiger partial charge is 0.137 e. The van der Waals surface area contributed by atoms with Gasteiger partial charge in [-0.15, -0.1) is 0 Å². The first kappa shape index (κ1) is 11.7. The molecule has 0 saturated carbocycles. The number of rotatable bonds is 3. The second-order valence-electron chi connectivity index (χ2n) is 5.45. The Morgan fingerprint density at radius 2 is 2.33 bits per heavy atom. The SMILES string of the molecule is CCN1CCC(Cc2cn3ccc(C)cc3n2)C1. The van der Waals surface area contributed by atoms with Crippen LogP contribution in [0.3, 0.4) is 0 Å². The van der Waals surface area contributed by atoms with Crippen molar-refractivity contribution in [1.29, 1.82) is 0 Å². The highest BCUT2D eigenvalue weighted by molar-refractivity contribution is 5.42. The van der Waals surface area contributed by atoms with Gasteiger partial charge in [-0.05, 0) is 56.5 Å². The molecule has 1 aliphatic heterocycles. The zero-order chi connectivity index (χ0) is 12.5. The minimum atomic E-state index is 0.788. The summed E-state index contributed by atoms with van der Waals surface area (Å²) >= 11 is 0. The van der Waals surface area contributed by atoms with E-state index in [2.05, 4.69) is 47.7 Å². The maximum absolute atomic E-state index is 4.73. The lowest BCUT2D eigenvalue weighted by atomic mass is 10.0. The average molecular weight is 243 g/mol. The van der Waals surface area contributed by atoms with E-state index < -0.39 is 0 Å². The van der Waals surface area contributed by atoms with E-state index in [9.17, 15) is 0 Å². The molecule has 0 aliphatic carbocycles. The number of imidazole rings is 1. The summed E-state index contributed by atoms with van der Waals surface area (Å²) in [5, 5.41) is 0. The number of pyridine rings is 1. The summed E-state index contributed by atoms with van der Waals surface area (Å²) < 4.78 is 2.13. The van der Waals surface area contributed by atoms with Crippen molar-refractivity contribution in [3.63, 3.8) is 0 Å². The Morgan fingerprint density at radius 1 is 1.44 bits per heavy atom. The van der Waals surface area contributed by atoms with Gasteiger partial charge >= 0.3 is 0 Å². The van der Waals surface area contributed by atoms with Crippen LogP contribution in [-0.2, 0) is 6.42 Å².